The molecular formula is C27H37N7O2. The summed E-state index contributed by atoms with van der Waals surface area (Å²) in [6.45, 7) is 4.72. The molecule has 3 fully saturated rings. The van der Waals surface area contributed by atoms with Crippen LogP contribution in [0.2, 0.25) is 0 Å². The lowest BCUT2D eigenvalue weighted by atomic mass is 9.66. The van der Waals surface area contributed by atoms with Crippen molar-refractivity contribution >= 4 is 11.8 Å². The van der Waals surface area contributed by atoms with Gasteiger partial charge in [-0.05, 0) is 24.8 Å². The monoisotopic (exact) mass is 491 g/mol. The van der Waals surface area contributed by atoms with Gasteiger partial charge in [0.25, 0.3) is 0 Å². The number of anilines is 1. The molecule has 192 valence electrons. The molecule has 36 heavy (non-hydrogen) atoms. The standard InChI is InChI=1S/C27H37N7O2/c1-31-24-22(15-29-20-30-24)17-33(31)19-27(36)11-13-32(18-26(27)9-5-6-10-26)25(35)34-14-12-28-16-23(34)21-7-3-2-4-8-21/h2-4,7-8,15,20,23,28,36H,5-6,9-14,16-19H2,1H3/t23-,27?/m0/s1. The van der Waals surface area contributed by atoms with Gasteiger partial charge in [0, 0.05) is 70.0 Å². The smallest absolute Gasteiger partial charge is 0.320 e. The summed E-state index contributed by atoms with van der Waals surface area (Å²) in [7, 11) is 2.01. The number of hydrogen-bond donors (Lipinski definition) is 2. The molecule has 4 aliphatic rings. The summed E-state index contributed by atoms with van der Waals surface area (Å²) in [6.07, 6.45) is 8.16. The van der Waals surface area contributed by atoms with E-state index in [9.17, 15) is 9.90 Å². The van der Waals surface area contributed by atoms with E-state index >= 15 is 0 Å². The van der Waals surface area contributed by atoms with Gasteiger partial charge in [-0.1, -0.05) is 43.2 Å². The highest BCUT2D eigenvalue weighted by atomic mass is 16.3. The van der Waals surface area contributed by atoms with Gasteiger partial charge in [0.1, 0.15) is 6.33 Å². The third kappa shape index (κ3) is 3.93. The molecule has 6 rings (SSSR count). The van der Waals surface area contributed by atoms with E-state index in [4.69, 9.17) is 0 Å². The first-order chi connectivity index (χ1) is 17.5. The molecule has 0 radical (unpaired) electrons. The number of fused-ring (bicyclic) bond motifs is 1. The molecule has 4 heterocycles. The molecule has 2 N–H and O–H groups in total. The Kier molecular flexibility index (Phi) is 6.09. The Morgan fingerprint density at radius 3 is 2.75 bits per heavy atom. The van der Waals surface area contributed by atoms with E-state index in [1.165, 1.54) is 5.56 Å². The maximum Gasteiger partial charge on any atom is 0.320 e. The third-order valence-electron chi connectivity index (χ3n) is 9.07. The lowest BCUT2D eigenvalue weighted by Gasteiger charge is -2.54. The van der Waals surface area contributed by atoms with Crippen LogP contribution in [0.1, 0.15) is 49.3 Å². The number of nitrogens with one attached hydrogen (secondary N) is 1. The van der Waals surface area contributed by atoms with Gasteiger partial charge in [-0.25, -0.2) is 19.8 Å². The normalized spacial score (nSPS) is 28.1. The fourth-order valence-corrected chi connectivity index (χ4v) is 7.01. The first kappa shape index (κ1) is 23.6. The molecule has 2 saturated heterocycles. The number of likely N-dealkylation sites (tertiary alicyclic amines) is 1. The zero-order chi connectivity index (χ0) is 24.8. The molecule has 3 aliphatic heterocycles. The number of piperidine rings is 1. The summed E-state index contributed by atoms with van der Waals surface area (Å²) < 4.78 is 0. The molecule has 1 saturated carbocycles. The van der Waals surface area contributed by atoms with Crippen molar-refractivity contribution in [1.82, 2.24) is 30.1 Å². The molecule has 1 aromatic carbocycles. The molecule has 9 heteroatoms. The Balaban J connectivity index is 1.21. The van der Waals surface area contributed by atoms with Crippen molar-refractivity contribution in [3.63, 3.8) is 0 Å². The highest BCUT2D eigenvalue weighted by Gasteiger charge is 2.57. The minimum Gasteiger partial charge on any atom is -0.388 e. The number of carbonyl (C=O) groups is 1. The van der Waals surface area contributed by atoms with Crippen LogP contribution in [0.25, 0.3) is 0 Å². The minimum atomic E-state index is -0.855. The molecule has 9 nitrogen and oxygen atoms in total. The van der Waals surface area contributed by atoms with Crippen LogP contribution in [0.5, 0.6) is 0 Å². The van der Waals surface area contributed by atoms with Crippen molar-refractivity contribution in [3.05, 3.63) is 54.0 Å². The van der Waals surface area contributed by atoms with Crippen LogP contribution in [0, 0.1) is 5.41 Å². The SMILES string of the molecule is CN1c2ncncc2CN1CC1(O)CCN(C(=O)N2CCNC[C@H]2c2ccccc2)CC12CCCC2. The fraction of sp³-hybridized carbons (Fsp3) is 0.593. The summed E-state index contributed by atoms with van der Waals surface area (Å²) >= 11 is 0. The maximum atomic E-state index is 13.9. The number of benzene rings is 1. The molecular weight excluding hydrogens is 454 g/mol. The number of piperazine rings is 1. The highest BCUT2D eigenvalue weighted by molar-refractivity contribution is 5.75. The average Bonchev–Trinajstić information content (AvgIpc) is 3.51. The van der Waals surface area contributed by atoms with Crippen molar-refractivity contribution < 1.29 is 9.90 Å². The van der Waals surface area contributed by atoms with E-state index in [0.29, 0.717) is 39.1 Å². The molecule has 0 bridgehead atoms. The van der Waals surface area contributed by atoms with Gasteiger partial charge in [0.2, 0.25) is 0 Å². The summed E-state index contributed by atoms with van der Waals surface area (Å²) in [5.41, 5.74) is 1.12. The quantitative estimate of drug-likeness (QED) is 0.682. The summed E-state index contributed by atoms with van der Waals surface area (Å²) in [5.74, 6) is 0.910. The van der Waals surface area contributed by atoms with Gasteiger partial charge in [0.05, 0.1) is 11.6 Å². The van der Waals surface area contributed by atoms with Crippen molar-refractivity contribution in [2.45, 2.75) is 50.3 Å². The predicted octanol–water partition coefficient (Wildman–Crippen LogP) is 2.41. The van der Waals surface area contributed by atoms with Gasteiger partial charge in [-0.2, -0.15) is 0 Å². The number of hydrogen-bond acceptors (Lipinski definition) is 7. The Labute approximate surface area is 213 Å². The topological polar surface area (TPSA) is 88.1 Å². The van der Waals surface area contributed by atoms with E-state index in [-0.39, 0.29) is 17.5 Å². The Morgan fingerprint density at radius 1 is 1.17 bits per heavy atom. The first-order valence-electron chi connectivity index (χ1n) is 13.3. The first-order valence-corrected chi connectivity index (χ1v) is 13.3. The Morgan fingerprint density at radius 2 is 1.97 bits per heavy atom. The largest absolute Gasteiger partial charge is 0.388 e. The van der Waals surface area contributed by atoms with E-state index in [0.717, 1.165) is 50.2 Å². The van der Waals surface area contributed by atoms with Gasteiger partial charge in [-0.3, -0.25) is 5.01 Å². The van der Waals surface area contributed by atoms with Crippen LogP contribution < -0.4 is 10.3 Å². The number of amides is 2. The van der Waals surface area contributed by atoms with Gasteiger partial charge in [-0.15, -0.1) is 0 Å². The Hall–Kier alpha value is -2.75. The zero-order valence-electron chi connectivity index (χ0n) is 21.1. The molecule has 1 aliphatic carbocycles. The number of carbonyl (C=O) groups excluding carboxylic acids is 1. The molecule has 2 aromatic rings. The van der Waals surface area contributed by atoms with E-state index in [1.807, 2.05) is 41.2 Å². The van der Waals surface area contributed by atoms with Crippen LogP contribution >= 0.6 is 0 Å². The van der Waals surface area contributed by atoms with Crippen molar-refractivity contribution in [2.24, 2.45) is 5.41 Å². The molecule has 1 unspecified atom stereocenters. The predicted molar refractivity (Wildman–Crippen MR) is 137 cm³/mol. The summed E-state index contributed by atoms with van der Waals surface area (Å²) in [4.78, 5) is 26.6. The third-order valence-corrected chi connectivity index (χ3v) is 9.07. The van der Waals surface area contributed by atoms with E-state index < -0.39 is 5.60 Å². The summed E-state index contributed by atoms with van der Waals surface area (Å²) in [5, 5.41) is 20.0. The lowest BCUT2D eigenvalue weighted by molar-refractivity contribution is -0.141. The lowest BCUT2D eigenvalue weighted by Crippen LogP contribution is -2.66. The van der Waals surface area contributed by atoms with Crippen LogP contribution in [0.15, 0.2) is 42.9 Å². The number of rotatable bonds is 3. The van der Waals surface area contributed by atoms with Crippen molar-refractivity contribution in [1.29, 1.82) is 0 Å². The molecule has 2 atom stereocenters. The molecule has 1 spiro atoms. The maximum absolute atomic E-state index is 13.9. The van der Waals surface area contributed by atoms with Gasteiger partial charge >= 0.3 is 6.03 Å². The van der Waals surface area contributed by atoms with Crippen molar-refractivity contribution in [2.75, 3.05) is 51.3 Å². The number of aliphatic hydroxyl groups is 1. The zero-order valence-corrected chi connectivity index (χ0v) is 21.1. The van der Waals surface area contributed by atoms with Gasteiger partial charge in [0.15, 0.2) is 5.82 Å². The van der Waals surface area contributed by atoms with Crippen LogP contribution in [0.4, 0.5) is 10.6 Å². The Bertz CT molecular complexity index is 1090. The summed E-state index contributed by atoms with van der Waals surface area (Å²) in [6, 6.07) is 10.5. The van der Waals surface area contributed by atoms with Crippen LogP contribution in [-0.4, -0.2) is 87.8 Å². The van der Waals surface area contributed by atoms with Gasteiger partial charge < -0.3 is 20.2 Å². The number of nitrogens with zero attached hydrogens (tertiary/aromatic N) is 6. The van der Waals surface area contributed by atoms with Crippen LogP contribution in [0.3, 0.4) is 0 Å². The van der Waals surface area contributed by atoms with Crippen molar-refractivity contribution in [3.8, 4) is 0 Å². The number of aromatic nitrogens is 2. The highest BCUT2D eigenvalue weighted by Crippen LogP contribution is 2.52. The fourth-order valence-electron chi connectivity index (χ4n) is 7.01. The minimum absolute atomic E-state index is 0.0330. The molecule has 1 aromatic heterocycles. The number of urea groups is 1. The second kappa shape index (κ2) is 9.28. The second-order valence-corrected chi connectivity index (χ2v) is 11.0. The molecule has 2 amide bonds. The van der Waals surface area contributed by atoms with E-state index in [2.05, 4.69) is 37.4 Å². The number of β-amino-alcohol motifs (C(OH)–C–C–N with tert-alkyl or cyclic N) is 1. The van der Waals surface area contributed by atoms with E-state index in [1.54, 1.807) is 6.33 Å². The average molecular weight is 492 g/mol. The second-order valence-electron chi connectivity index (χ2n) is 11.0. The van der Waals surface area contributed by atoms with Crippen LogP contribution in [-0.2, 0) is 6.54 Å². The number of hydrazine groups is 1.